The second-order valence-corrected chi connectivity index (χ2v) is 3.06. The van der Waals surface area contributed by atoms with Gasteiger partial charge in [0.15, 0.2) is 0 Å². The second-order valence-electron chi connectivity index (χ2n) is 3.06. The van der Waals surface area contributed by atoms with Crippen molar-refractivity contribution in [1.29, 1.82) is 0 Å². The van der Waals surface area contributed by atoms with Crippen LogP contribution < -0.4 is 10.8 Å². The fourth-order valence-corrected chi connectivity index (χ4v) is 0.779. The molecule has 0 spiro atoms. The highest BCUT2D eigenvalue weighted by atomic mass is 16.7. The van der Waals surface area contributed by atoms with Gasteiger partial charge in [0.2, 0.25) is 0 Å². The molecule has 0 saturated heterocycles. The van der Waals surface area contributed by atoms with Gasteiger partial charge in [0.1, 0.15) is 0 Å². The van der Waals surface area contributed by atoms with Crippen LogP contribution in [0.1, 0.15) is 6.42 Å². The Labute approximate surface area is 79.4 Å². The molecule has 0 aliphatic heterocycles. The molecule has 0 aliphatic rings. The molecule has 0 radical (unpaired) electrons. The molecule has 0 aliphatic carbocycles. The van der Waals surface area contributed by atoms with Crippen LogP contribution in [-0.2, 0) is 9.63 Å². The fourth-order valence-electron chi connectivity index (χ4n) is 0.779. The van der Waals surface area contributed by atoms with Crippen LogP contribution in [-0.4, -0.2) is 51.6 Å². The lowest BCUT2D eigenvalue weighted by Gasteiger charge is -2.09. The monoisotopic (exact) mass is 189 g/mol. The summed E-state index contributed by atoms with van der Waals surface area (Å²) in [4.78, 5) is 17.6. The highest BCUT2D eigenvalue weighted by Gasteiger charge is 1.98. The van der Waals surface area contributed by atoms with Crippen molar-refractivity contribution in [2.24, 2.45) is 0 Å². The van der Waals surface area contributed by atoms with E-state index in [9.17, 15) is 4.79 Å². The molecule has 13 heavy (non-hydrogen) atoms. The fraction of sp³-hybridized carbons (Fsp3) is 0.875. The first kappa shape index (κ1) is 12.3. The standard InChI is InChI=1S/C8H19N3O2/c1-9-7-8(12)13-10-5-4-6-11(2)3/h9-10H,4-7H2,1-3H3. The number of carbonyl (C=O) groups is 1. The molecule has 0 aromatic rings. The van der Waals surface area contributed by atoms with Crippen LogP contribution in [0.3, 0.4) is 0 Å². The molecule has 5 heteroatoms. The van der Waals surface area contributed by atoms with Gasteiger partial charge in [0, 0.05) is 6.54 Å². The van der Waals surface area contributed by atoms with E-state index in [1.807, 2.05) is 14.1 Å². The van der Waals surface area contributed by atoms with E-state index in [1.54, 1.807) is 7.05 Å². The lowest BCUT2D eigenvalue weighted by atomic mass is 10.4. The highest BCUT2D eigenvalue weighted by Crippen LogP contribution is 1.80. The zero-order valence-electron chi connectivity index (χ0n) is 8.59. The summed E-state index contributed by atoms with van der Waals surface area (Å²) in [5, 5.41) is 2.70. The molecule has 2 N–H and O–H groups in total. The Balaban J connectivity index is 3.11. The first-order valence-corrected chi connectivity index (χ1v) is 4.38. The number of hydrogen-bond donors (Lipinski definition) is 2. The Morgan fingerprint density at radius 2 is 2.15 bits per heavy atom. The Morgan fingerprint density at radius 1 is 1.46 bits per heavy atom. The molecule has 0 unspecified atom stereocenters. The summed E-state index contributed by atoms with van der Waals surface area (Å²) in [6, 6.07) is 0. The van der Waals surface area contributed by atoms with Crippen molar-refractivity contribution in [3.05, 3.63) is 0 Å². The number of hydrogen-bond acceptors (Lipinski definition) is 5. The Kier molecular flexibility index (Phi) is 7.57. The van der Waals surface area contributed by atoms with Gasteiger partial charge in [-0.3, -0.25) is 0 Å². The van der Waals surface area contributed by atoms with Gasteiger partial charge in [-0.1, -0.05) is 0 Å². The Morgan fingerprint density at radius 3 is 2.69 bits per heavy atom. The number of carbonyl (C=O) groups excluding carboxylic acids is 1. The summed E-state index contributed by atoms with van der Waals surface area (Å²) in [5.74, 6) is -0.285. The van der Waals surface area contributed by atoms with Crippen LogP contribution in [0.5, 0.6) is 0 Å². The SMILES string of the molecule is CNCC(=O)ONCCCN(C)C. The minimum atomic E-state index is -0.285. The zero-order chi connectivity index (χ0) is 10.1. The van der Waals surface area contributed by atoms with E-state index in [1.165, 1.54) is 0 Å². The lowest BCUT2D eigenvalue weighted by molar-refractivity contribution is -0.149. The van der Waals surface area contributed by atoms with Crippen LogP contribution in [0.4, 0.5) is 0 Å². The first-order chi connectivity index (χ1) is 6.16. The van der Waals surface area contributed by atoms with E-state index >= 15 is 0 Å². The molecule has 0 atom stereocenters. The van der Waals surface area contributed by atoms with Crippen molar-refractivity contribution >= 4 is 5.97 Å². The second kappa shape index (κ2) is 7.97. The average Bonchev–Trinajstić information content (AvgIpc) is 2.03. The summed E-state index contributed by atoms with van der Waals surface area (Å²) in [6.07, 6.45) is 0.958. The third-order valence-electron chi connectivity index (χ3n) is 1.39. The van der Waals surface area contributed by atoms with Gasteiger partial charge >= 0.3 is 5.97 Å². The van der Waals surface area contributed by atoms with Gasteiger partial charge in [0.25, 0.3) is 0 Å². The number of nitrogens with one attached hydrogen (secondary N) is 2. The summed E-state index contributed by atoms with van der Waals surface area (Å²) in [5.41, 5.74) is 2.61. The van der Waals surface area contributed by atoms with Crippen LogP contribution in [0.25, 0.3) is 0 Å². The van der Waals surface area contributed by atoms with E-state index < -0.39 is 0 Å². The number of rotatable bonds is 7. The van der Waals surface area contributed by atoms with Gasteiger partial charge < -0.3 is 15.1 Å². The smallest absolute Gasteiger partial charge is 0.338 e. The van der Waals surface area contributed by atoms with Crippen molar-refractivity contribution in [2.45, 2.75) is 6.42 Å². The van der Waals surface area contributed by atoms with E-state index in [4.69, 9.17) is 4.84 Å². The van der Waals surface area contributed by atoms with Crippen molar-refractivity contribution in [3.8, 4) is 0 Å². The van der Waals surface area contributed by atoms with Gasteiger partial charge in [-0.15, -0.1) is 0 Å². The molecule has 0 aromatic carbocycles. The number of hydroxylamine groups is 1. The van der Waals surface area contributed by atoms with Crippen molar-refractivity contribution in [1.82, 2.24) is 15.7 Å². The summed E-state index contributed by atoms with van der Waals surface area (Å²) in [7, 11) is 5.72. The van der Waals surface area contributed by atoms with Gasteiger partial charge in [-0.25, -0.2) is 4.79 Å². The third-order valence-corrected chi connectivity index (χ3v) is 1.39. The predicted molar refractivity (Wildman–Crippen MR) is 51.2 cm³/mol. The molecular weight excluding hydrogens is 170 g/mol. The lowest BCUT2D eigenvalue weighted by Crippen LogP contribution is -2.29. The quantitative estimate of drug-likeness (QED) is 0.406. The summed E-state index contributed by atoms with van der Waals surface area (Å²) in [6.45, 7) is 1.91. The van der Waals surface area contributed by atoms with E-state index in [2.05, 4.69) is 15.7 Å². The Hall–Kier alpha value is -0.650. The Bertz CT molecular complexity index is 139. The molecule has 0 saturated carbocycles. The van der Waals surface area contributed by atoms with E-state index in [-0.39, 0.29) is 12.5 Å². The molecule has 0 heterocycles. The average molecular weight is 189 g/mol. The third kappa shape index (κ3) is 9.26. The topological polar surface area (TPSA) is 53.6 Å². The molecule has 78 valence electrons. The maximum atomic E-state index is 10.8. The first-order valence-electron chi connectivity index (χ1n) is 4.38. The maximum Gasteiger partial charge on any atom is 0.338 e. The van der Waals surface area contributed by atoms with E-state index in [0.717, 1.165) is 13.0 Å². The molecule has 0 fully saturated rings. The maximum absolute atomic E-state index is 10.8. The minimum Gasteiger partial charge on any atom is -0.369 e. The van der Waals surface area contributed by atoms with Crippen molar-refractivity contribution < 1.29 is 9.63 Å². The van der Waals surface area contributed by atoms with Crippen molar-refractivity contribution in [2.75, 3.05) is 40.8 Å². The van der Waals surface area contributed by atoms with Crippen LogP contribution >= 0.6 is 0 Å². The summed E-state index contributed by atoms with van der Waals surface area (Å²) < 4.78 is 0. The number of nitrogens with zero attached hydrogens (tertiary/aromatic N) is 1. The van der Waals surface area contributed by atoms with Crippen molar-refractivity contribution in [3.63, 3.8) is 0 Å². The van der Waals surface area contributed by atoms with Crippen LogP contribution in [0.2, 0.25) is 0 Å². The van der Waals surface area contributed by atoms with Crippen LogP contribution in [0.15, 0.2) is 0 Å². The molecule has 0 amide bonds. The van der Waals surface area contributed by atoms with E-state index in [0.29, 0.717) is 6.54 Å². The molecule has 0 rings (SSSR count). The molecule has 0 aromatic heterocycles. The van der Waals surface area contributed by atoms with Gasteiger partial charge in [-0.05, 0) is 34.1 Å². The predicted octanol–water partition coefficient (Wildman–Crippen LogP) is -0.795. The normalized spacial score (nSPS) is 10.5. The molecule has 5 nitrogen and oxygen atoms in total. The minimum absolute atomic E-state index is 0.237. The summed E-state index contributed by atoms with van der Waals surface area (Å²) >= 11 is 0. The number of likely N-dealkylation sites (N-methyl/N-ethyl adjacent to an activating group) is 1. The van der Waals surface area contributed by atoms with Gasteiger partial charge in [-0.2, -0.15) is 5.48 Å². The largest absolute Gasteiger partial charge is 0.369 e. The highest BCUT2D eigenvalue weighted by molar-refractivity contribution is 5.71. The molecular formula is C8H19N3O2. The van der Waals surface area contributed by atoms with Gasteiger partial charge in [0.05, 0.1) is 6.54 Å². The zero-order valence-corrected chi connectivity index (χ0v) is 8.59. The molecule has 0 bridgehead atoms. The van der Waals surface area contributed by atoms with Crippen LogP contribution in [0, 0.1) is 0 Å².